The van der Waals surface area contributed by atoms with Gasteiger partial charge in [-0.05, 0) is 25.1 Å². The van der Waals surface area contributed by atoms with Gasteiger partial charge in [-0.1, -0.05) is 6.07 Å². The fourth-order valence-electron chi connectivity index (χ4n) is 1.36. The molecule has 88 valence electrons. The summed E-state index contributed by atoms with van der Waals surface area (Å²) in [5, 5.41) is 2.84. The van der Waals surface area contributed by atoms with E-state index in [0.717, 1.165) is 10.7 Å². The second-order valence-corrected chi connectivity index (χ2v) is 4.62. The Balaban J connectivity index is 1.98. The third-order valence-corrected chi connectivity index (χ3v) is 2.96. The lowest BCUT2D eigenvalue weighted by Crippen LogP contribution is -2.05. The van der Waals surface area contributed by atoms with Crippen LogP contribution in [0.1, 0.15) is 21.1 Å². The van der Waals surface area contributed by atoms with Crippen LogP contribution >= 0.6 is 11.3 Å². The van der Waals surface area contributed by atoms with Crippen molar-refractivity contribution in [2.75, 3.05) is 5.73 Å². The zero-order valence-electron chi connectivity index (χ0n) is 9.34. The highest BCUT2D eigenvalue weighted by atomic mass is 32.1. The molecule has 0 saturated carbocycles. The van der Waals surface area contributed by atoms with Crippen LogP contribution < -0.4 is 5.73 Å². The first-order valence-corrected chi connectivity index (χ1v) is 5.97. The summed E-state index contributed by atoms with van der Waals surface area (Å²) in [6.07, 6.45) is 0. The molecule has 0 aliphatic carbocycles. The van der Waals surface area contributed by atoms with Crippen LogP contribution in [0.2, 0.25) is 0 Å². The normalized spacial score (nSPS) is 10.2. The van der Waals surface area contributed by atoms with Crippen molar-refractivity contribution in [3.63, 3.8) is 0 Å². The number of benzene rings is 1. The molecule has 0 saturated heterocycles. The number of esters is 1. The number of nitrogens with zero attached hydrogens (tertiary/aromatic N) is 1. The van der Waals surface area contributed by atoms with E-state index in [1.807, 2.05) is 12.3 Å². The van der Waals surface area contributed by atoms with Crippen molar-refractivity contribution < 1.29 is 9.53 Å². The molecule has 0 aliphatic rings. The van der Waals surface area contributed by atoms with Gasteiger partial charge in [0.1, 0.15) is 6.61 Å². The summed E-state index contributed by atoms with van der Waals surface area (Å²) >= 11 is 1.53. The molecular formula is C12H12N2O2S. The number of hydrogen-bond acceptors (Lipinski definition) is 5. The molecule has 1 aromatic heterocycles. The van der Waals surface area contributed by atoms with E-state index >= 15 is 0 Å². The maximum Gasteiger partial charge on any atom is 0.338 e. The molecule has 2 rings (SSSR count). The number of aromatic nitrogens is 1. The monoisotopic (exact) mass is 248 g/mol. The number of carbonyl (C=O) groups is 1. The zero-order chi connectivity index (χ0) is 12.3. The fourth-order valence-corrected chi connectivity index (χ4v) is 1.96. The number of anilines is 1. The van der Waals surface area contributed by atoms with Crippen molar-refractivity contribution in [1.82, 2.24) is 4.98 Å². The first kappa shape index (κ1) is 11.6. The minimum atomic E-state index is -0.386. The summed E-state index contributed by atoms with van der Waals surface area (Å²) < 4.78 is 5.13. The van der Waals surface area contributed by atoms with Gasteiger partial charge in [-0.25, -0.2) is 9.78 Å². The molecule has 0 unspecified atom stereocenters. The third kappa shape index (κ3) is 3.04. The second kappa shape index (κ2) is 4.97. The predicted molar refractivity (Wildman–Crippen MR) is 66.8 cm³/mol. The van der Waals surface area contributed by atoms with Crippen LogP contribution in [0, 0.1) is 6.92 Å². The number of nitrogens with two attached hydrogens (primary N) is 1. The van der Waals surface area contributed by atoms with E-state index in [0.29, 0.717) is 11.3 Å². The summed E-state index contributed by atoms with van der Waals surface area (Å²) in [6.45, 7) is 2.10. The standard InChI is InChI=1S/C12H12N2O2S/c1-8-14-11(7-17-8)6-16-12(15)9-3-2-4-10(13)5-9/h2-5,7H,6,13H2,1H3. The minimum Gasteiger partial charge on any atom is -0.456 e. The van der Waals surface area contributed by atoms with E-state index in [1.54, 1.807) is 24.3 Å². The first-order valence-electron chi connectivity index (χ1n) is 5.09. The molecule has 1 aromatic carbocycles. The van der Waals surface area contributed by atoms with Gasteiger partial charge in [-0.15, -0.1) is 11.3 Å². The Morgan fingerprint density at radius 3 is 3.00 bits per heavy atom. The Morgan fingerprint density at radius 1 is 1.53 bits per heavy atom. The molecule has 4 nitrogen and oxygen atoms in total. The van der Waals surface area contributed by atoms with Crippen LogP contribution in [0.4, 0.5) is 5.69 Å². The highest BCUT2D eigenvalue weighted by molar-refractivity contribution is 7.09. The van der Waals surface area contributed by atoms with Gasteiger partial charge in [0.15, 0.2) is 0 Å². The van der Waals surface area contributed by atoms with Crippen molar-refractivity contribution in [2.24, 2.45) is 0 Å². The fraction of sp³-hybridized carbons (Fsp3) is 0.167. The molecule has 2 aromatic rings. The Kier molecular flexibility index (Phi) is 3.39. The molecule has 0 radical (unpaired) electrons. The van der Waals surface area contributed by atoms with Crippen LogP contribution in [0.15, 0.2) is 29.6 Å². The number of nitrogen functional groups attached to an aromatic ring is 1. The maximum atomic E-state index is 11.7. The van der Waals surface area contributed by atoms with E-state index in [9.17, 15) is 4.79 Å². The number of aryl methyl sites for hydroxylation is 1. The van der Waals surface area contributed by atoms with Crippen LogP contribution in [0.3, 0.4) is 0 Å². The minimum absolute atomic E-state index is 0.192. The third-order valence-electron chi connectivity index (χ3n) is 2.14. The average molecular weight is 248 g/mol. The van der Waals surface area contributed by atoms with Gasteiger partial charge in [-0.2, -0.15) is 0 Å². The summed E-state index contributed by atoms with van der Waals surface area (Å²) in [4.78, 5) is 15.9. The molecule has 2 N–H and O–H groups in total. The number of hydrogen-bond donors (Lipinski definition) is 1. The van der Waals surface area contributed by atoms with Crippen LogP contribution in [0.5, 0.6) is 0 Å². The van der Waals surface area contributed by atoms with Gasteiger partial charge >= 0.3 is 5.97 Å². The number of rotatable bonds is 3. The van der Waals surface area contributed by atoms with Crippen molar-refractivity contribution in [3.05, 3.63) is 45.9 Å². The van der Waals surface area contributed by atoms with Crippen LogP contribution in [-0.4, -0.2) is 11.0 Å². The molecule has 0 amide bonds. The van der Waals surface area contributed by atoms with E-state index in [1.165, 1.54) is 11.3 Å². The van der Waals surface area contributed by atoms with Gasteiger partial charge in [0.25, 0.3) is 0 Å². The number of carbonyl (C=O) groups excluding carboxylic acids is 1. The van der Waals surface area contributed by atoms with Gasteiger partial charge < -0.3 is 10.5 Å². The second-order valence-electron chi connectivity index (χ2n) is 3.56. The van der Waals surface area contributed by atoms with Crippen molar-refractivity contribution in [2.45, 2.75) is 13.5 Å². The lowest BCUT2D eigenvalue weighted by Gasteiger charge is -2.03. The molecule has 5 heteroatoms. The Bertz CT molecular complexity index is 537. The predicted octanol–water partition coefficient (Wildman–Crippen LogP) is 2.39. The van der Waals surface area contributed by atoms with Crippen molar-refractivity contribution >= 4 is 23.0 Å². The summed E-state index contributed by atoms with van der Waals surface area (Å²) in [5.41, 5.74) is 7.36. The van der Waals surface area contributed by atoms with E-state index in [4.69, 9.17) is 10.5 Å². The highest BCUT2D eigenvalue weighted by Gasteiger charge is 2.08. The van der Waals surface area contributed by atoms with E-state index in [-0.39, 0.29) is 12.6 Å². The smallest absolute Gasteiger partial charge is 0.338 e. The Morgan fingerprint density at radius 2 is 2.35 bits per heavy atom. The average Bonchev–Trinajstić information content (AvgIpc) is 2.72. The zero-order valence-corrected chi connectivity index (χ0v) is 10.2. The quantitative estimate of drug-likeness (QED) is 0.669. The lowest BCUT2D eigenvalue weighted by atomic mass is 10.2. The number of thiazole rings is 1. The molecule has 0 atom stereocenters. The Hall–Kier alpha value is -1.88. The summed E-state index contributed by atoms with van der Waals surface area (Å²) in [7, 11) is 0. The van der Waals surface area contributed by atoms with Crippen molar-refractivity contribution in [1.29, 1.82) is 0 Å². The molecule has 17 heavy (non-hydrogen) atoms. The molecule has 0 bridgehead atoms. The van der Waals surface area contributed by atoms with Crippen LogP contribution in [-0.2, 0) is 11.3 Å². The van der Waals surface area contributed by atoms with E-state index in [2.05, 4.69) is 4.98 Å². The summed E-state index contributed by atoms with van der Waals surface area (Å²) in [6, 6.07) is 6.71. The van der Waals surface area contributed by atoms with E-state index < -0.39 is 0 Å². The molecule has 1 heterocycles. The largest absolute Gasteiger partial charge is 0.456 e. The Labute approximate surface area is 103 Å². The number of ether oxygens (including phenoxy) is 1. The molecule has 0 aliphatic heterocycles. The van der Waals surface area contributed by atoms with Gasteiger partial charge in [0.05, 0.1) is 16.3 Å². The lowest BCUT2D eigenvalue weighted by molar-refractivity contribution is 0.0468. The molecule has 0 fully saturated rings. The van der Waals surface area contributed by atoms with Crippen molar-refractivity contribution in [3.8, 4) is 0 Å². The SMILES string of the molecule is Cc1nc(COC(=O)c2cccc(N)c2)cs1. The molecule has 0 spiro atoms. The van der Waals surface area contributed by atoms with Gasteiger partial charge in [0, 0.05) is 11.1 Å². The maximum absolute atomic E-state index is 11.7. The molecular weight excluding hydrogens is 236 g/mol. The topological polar surface area (TPSA) is 65.2 Å². The summed E-state index contributed by atoms with van der Waals surface area (Å²) in [5.74, 6) is -0.386. The van der Waals surface area contributed by atoms with Crippen LogP contribution in [0.25, 0.3) is 0 Å². The van der Waals surface area contributed by atoms with Gasteiger partial charge in [0.2, 0.25) is 0 Å². The highest BCUT2D eigenvalue weighted by Crippen LogP contribution is 2.12. The van der Waals surface area contributed by atoms with Gasteiger partial charge in [-0.3, -0.25) is 0 Å². The first-order chi connectivity index (χ1) is 8.15.